The van der Waals surface area contributed by atoms with Crippen molar-refractivity contribution in [3.8, 4) is 0 Å². The van der Waals surface area contributed by atoms with Crippen molar-refractivity contribution in [3.63, 3.8) is 0 Å². The number of sulfone groups is 1. The molecule has 144 valence electrons. The summed E-state index contributed by atoms with van der Waals surface area (Å²) in [5.74, 6) is -1.27. The topological polar surface area (TPSA) is 89.5 Å². The standard InChI is InChI=1S/C19H20ClNO5S/c1-12-4-9-16(20)10-17(12)21-18(22)13(2)26-19(23)15-7-5-14(6-8-15)11-27(3,24)25/h4-10,13H,11H2,1-3H3,(H,21,22)/t13-/m0/s1. The van der Waals surface area contributed by atoms with Crippen LogP contribution in [-0.4, -0.2) is 32.7 Å². The molecular formula is C19H20ClNO5S. The zero-order chi connectivity index (χ0) is 20.2. The number of amides is 1. The number of benzene rings is 2. The van der Waals surface area contributed by atoms with E-state index < -0.39 is 27.8 Å². The second-order valence-electron chi connectivity index (χ2n) is 6.26. The van der Waals surface area contributed by atoms with Crippen LogP contribution < -0.4 is 5.32 Å². The molecule has 0 bridgehead atoms. The molecule has 2 aromatic carbocycles. The van der Waals surface area contributed by atoms with Crippen molar-refractivity contribution < 1.29 is 22.7 Å². The summed E-state index contributed by atoms with van der Waals surface area (Å²) in [6.45, 7) is 3.28. The molecule has 0 unspecified atom stereocenters. The van der Waals surface area contributed by atoms with Crippen molar-refractivity contribution in [2.75, 3.05) is 11.6 Å². The molecule has 0 radical (unpaired) electrons. The van der Waals surface area contributed by atoms with E-state index in [4.69, 9.17) is 16.3 Å². The largest absolute Gasteiger partial charge is 0.449 e. The summed E-state index contributed by atoms with van der Waals surface area (Å²) in [5.41, 5.74) is 2.16. The highest BCUT2D eigenvalue weighted by molar-refractivity contribution is 7.89. The number of halogens is 1. The van der Waals surface area contributed by atoms with Gasteiger partial charge in [-0.2, -0.15) is 0 Å². The third kappa shape index (κ3) is 6.37. The lowest BCUT2D eigenvalue weighted by molar-refractivity contribution is -0.123. The van der Waals surface area contributed by atoms with E-state index in [9.17, 15) is 18.0 Å². The van der Waals surface area contributed by atoms with Crippen LogP contribution >= 0.6 is 11.6 Å². The van der Waals surface area contributed by atoms with Gasteiger partial charge < -0.3 is 10.1 Å². The van der Waals surface area contributed by atoms with Gasteiger partial charge in [0, 0.05) is 17.0 Å². The predicted octanol–water partition coefficient (Wildman–Crippen LogP) is 3.38. The summed E-state index contributed by atoms with van der Waals surface area (Å²) in [6, 6.07) is 11.1. The van der Waals surface area contributed by atoms with Gasteiger partial charge in [0.2, 0.25) is 0 Å². The monoisotopic (exact) mass is 409 g/mol. The summed E-state index contributed by atoms with van der Waals surface area (Å²) in [5, 5.41) is 3.16. The number of esters is 1. The van der Waals surface area contributed by atoms with Crippen molar-refractivity contribution in [2.45, 2.75) is 25.7 Å². The van der Waals surface area contributed by atoms with E-state index in [-0.39, 0.29) is 11.3 Å². The number of hydrogen-bond donors (Lipinski definition) is 1. The molecule has 27 heavy (non-hydrogen) atoms. The minimum Gasteiger partial charge on any atom is -0.449 e. The van der Waals surface area contributed by atoms with E-state index in [1.54, 1.807) is 18.2 Å². The van der Waals surface area contributed by atoms with E-state index in [1.807, 2.05) is 6.92 Å². The van der Waals surface area contributed by atoms with Gasteiger partial charge in [-0.05, 0) is 49.2 Å². The average molecular weight is 410 g/mol. The highest BCUT2D eigenvalue weighted by Gasteiger charge is 2.20. The Morgan fingerprint density at radius 3 is 2.37 bits per heavy atom. The first-order valence-electron chi connectivity index (χ1n) is 8.10. The Morgan fingerprint density at radius 2 is 1.78 bits per heavy atom. The lowest BCUT2D eigenvalue weighted by atomic mass is 10.1. The molecular weight excluding hydrogens is 390 g/mol. The van der Waals surface area contributed by atoms with Crippen molar-refractivity contribution in [3.05, 3.63) is 64.2 Å². The molecule has 6 nitrogen and oxygen atoms in total. The Labute approximate surface area is 163 Å². The third-order valence-corrected chi connectivity index (χ3v) is 4.82. The van der Waals surface area contributed by atoms with E-state index in [2.05, 4.69) is 5.32 Å². The van der Waals surface area contributed by atoms with Crippen LogP contribution in [0.2, 0.25) is 5.02 Å². The maximum absolute atomic E-state index is 12.3. The van der Waals surface area contributed by atoms with Crippen LogP contribution in [0.15, 0.2) is 42.5 Å². The molecule has 2 aromatic rings. The smallest absolute Gasteiger partial charge is 0.338 e. The van der Waals surface area contributed by atoms with Gasteiger partial charge in [0.25, 0.3) is 5.91 Å². The van der Waals surface area contributed by atoms with Crippen LogP contribution in [0.3, 0.4) is 0 Å². The van der Waals surface area contributed by atoms with Crippen LogP contribution in [0, 0.1) is 6.92 Å². The number of aryl methyl sites for hydroxylation is 1. The van der Waals surface area contributed by atoms with Gasteiger partial charge in [0.05, 0.1) is 11.3 Å². The highest BCUT2D eigenvalue weighted by atomic mass is 35.5. The van der Waals surface area contributed by atoms with Gasteiger partial charge in [0.15, 0.2) is 15.9 Å². The number of rotatable bonds is 6. The number of nitrogens with one attached hydrogen (secondary N) is 1. The Balaban J connectivity index is 2.00. The van der Waals surface area contributed by atoms with Crippen LogP contribution in [-0.2, 0) is 25.1 Å². The molecule has 0 saturated carbocycles. The molecule has 1 amide bonds. The van der Waals surface area contributed by atoms with E-state index in [0.29, 0.717) is 16.3 Å². The summed E-state index contributed by atoms with van der Waals surface area (Å²) in [7, 11) is -3.16. The molecule has 0 aromatic heterocycles. The van der Waals surface area contributed by atoms with Gasteiger partial charge in [-0.1, -0.05) is 29.8 Å². The molecule has 0 aliphatic carbocycles. The molecule has 8 heteroatoms. The van der Waals surface area contributed by atoms with Crippen LogP contribution in [0.1, 0.15) is 28.4 Å². The quantitative estimate of drug-likeness (QED) is 0.738. The second-order valence-corrected chi connectivity index (χ2v) is 8.84. The Hall–Kier alpha value is -2.38. The normalized spacial score (nSPS) is 12.3. The maximum Gasteiger partial charge on any atom is 0.338 e. The zero-order valence-corrected chi connectivity index (χ0v) is 16.7. The molecule has 1 N–H and O–H groups in total. The minimum atomic E-state index is -3.16. The molecule has 0 aliphatic rings. The molecule has 0 saturated heterocycles. The number of hydrogen-bond acceptors (Lipinski definition) is 5. The van der Waals surface area contributed by atoms with Crippen molar-refractivity contribution in [2.24, 2.45) is 0 Å². The van der Waals surface area contributed by atoms with Gasteiger partial charge in [0.1, 0.15) is 0 Å². The maximum atomic E-state index is 12.3. The van der Waals surface area contributed by atoms with Crippen LogP contribution in [0.4, 0.5) is 5.69 Å². The van der Waals surface area contributed by atoms with Crippen molar-refractivity contribution in [1.82, 2.24) is 0 Å². The molecule has 0 fully saturated rings. The lowest BCUT2D eigenvalue weighted by Gasteiger charge is -2.15. The van der Waals surface area contributed by atoms with E-state index >= 15 is 0 Å². The van der Waals surface area contributed by atoms with E-state index in [0.717, 1.165) is 11.8 Å². The molecule has 0 heterocycles. The Kier molecular flexibility index (Phi) is 6.62. The molecule has 1 atom stereocenters. The minimum absolute atomic E-state index is 0.111. The summed E-state index contributed by atoms with van der Waals surface area (Å²) in [6.07, 6.45) is 0.114. The fourth-order valence-electron chi connectivity index (χ4n) is 2.29. The van der Waals surface area contributed by atoms with Crippen LogP contribution in [0.5, 0.6) is 0 Å². The predicted molar refractivity (Wildman–Crippen MR) is 105 cm³/mol. The Morgan fingerprint density at radius 1 is 1.15 bits per heavy atom. The zero-order valence-electron chi connectivity index (χ0n) is 15.2. The van der Waals surface area contributed by atoms with Crippen molar-refractivity contribution in [1.29, 1.82) is 0 Å². The molecule has 0 spiro atoms. The fraction of sp³-hybridized carbons (Fsp3) is 0.263. The van der Waals surface area contributed by atoms with Crippen LogP contribution in [0.25, 0.3) is 0 Å². The van der Waals surface area contributed by atoms with E-state index in [1.165, 1.54) is 31.2 Å². The summed E-state index contributed by atoms with van der Waals surface area (Å²) in [4.78, 5) is 24.4. The summed E-state index contributed by atoms with van der Waals surface area (Å²) >= 11 is 5.92. The van der Waals surface area contributed by atoms with Crippen molar-refractivity contribution >= 4 is 39.0 Å². The summed E-state index contributed by atoms with van der Waals surface area (Å²) < 4.78 is 27.8. The number of carbonyl (C=O) groups is 2. The lowest BCUT2D eigenvalue weighted by Crippen LogP contribution is -2.30. The number of anilines is 1. The first-order valence-corrected chi connectivity index (χ1v) is 10.5. The first kappa shape index (κ1) is 20.9. The van der Waals surface area contributed by atoms with Gasteiger partial charge in [-0.25, -0.2) is 13.2 Å². The van der Waals surface area contributed by atoms with Gasteiger partial charge in [-0.15, -0.1) is 0 Å². The van der Waals surface area contributed by atoms with Gasteiger partial charge in [-0.3, -0.25) is 4.79 Å². The van der Waals surface area contributed by atoms with Gasteiger partial charge >= 0.3 is 5.97 Å². The Bertz CT molecular complexity index is 955. The molecule has 0 aliphatic heterocycles. The fourth-order valence-corrected chi connectivity index (χ4v) is 3.26. The highest BCUT2D eigenvalue weighted by Crippen LogP contribution is 2.20. The number of ether oxygens (including phenoxy) is 1. The SMILES string of the molecule is Cc1ccc(Cl)cc1NC(=O)[C@H](C)OC(=O)c1ccc(CS(C)(=O)=O)cc1. The third-order valence-electron chi connectivity index (χ3n) is 3.73. The first-order chi connectivity index (χ1) is 12.5. The number of carbonyl (C=O) groups excluding carboxylic acids is 2. The second kappa shape index (κ2) is 8.54. The molecule has 2 rings (SSSR count). The average Bonchev–Trinajstić information content (AvgIpc) is 2.57.